The van der Waals surface area contributed by atoms with Crippen molar-refractivity contribution in [1.82, 2.24) is 15.3 Å². The number of carbonyl (C=O) groups is 1. The number of hydrogen-bond acceptors (Lipinski definition) is 3. The van der Waals surface area contributed by atoms with Gasteiger partial charge in [0, 0.05) is 19.6 Å². The van der Waals surface area contributed by atoms with E-state index < -0.39 is 6.09 Å². The van der Waals surface area contributed by atoms with Gasteiger partial charge in [-0.15, -0.1) is 0 Å². The topological polar surface area (TPSA) is 55.8 Å². The van der Waals surface area contributed by atoms with Gasteiger partial charge in [-0.3, -0.25) is 0 Å². The fourth-order valence-electron chi connectivity index (χ4n) is 3.08. The fourth-order valence-corrected chi connectivity index (χ4v) is 3.08. The van der Waals surface area contributed by atoms with Crippen LogP contribution < -0.4 is 5.43 Å². The van der Waals surface area contributed by atoms with Crippen molar-refractivity contribution >= 4 is 11.7 Å². The molecule has 1 amide bonds. The molecule has 1 unspecified atom stereocenters. The van der Waals surface area contributed by atoms with Crippen molar-refractivity contribution in [3.8, 4) is 0 Å². The standard InChI is InChI=1S/C15H19N3O2/c1-17-8-7-12-13(11-5-3-2-4-6-11)9-16-18(15(19)20)14(12)10-17/h2-6,14,16H,7-10H2,1H3,(H,19,20). The van der Waals surface area contributed by atoms with E-state index in [-0.39, 0.29) is 6.04 Å². The second kappa shape index (κ2) is 5.26. The van der Waals surface area contributed by atoms with E-state index in [9.17, 15) is 9.90 Å². The van der Waals surface area contributed by atoms with Gasteiger partial charge in [-0.1, -0.05) is 30.3 Å². The summed E-state index contributed by atoms with van der Waals surface area (Å²) in [7, 11) is 2.04. The van der Waals surface area contributed by atoms with Gasteiger partial charge < -0.3 is 10.0 Å². The number of likely N-dealkylation sites (tertiary alicyclic amines) is 1. The van der Waals surface area contributed by atoms with Crippen LogP contribution >= 0.6 is 0 Å². The van der Waals surface area contributed by atoms with Gasteiger partial charge in [0.05, 0.1) is 6.04 Å². The van der Waals surface area contributed by atoms with Gasteiger partial charge >= 0.3 is 6.09 Å². The monoisotopic (exact) mass is 273 g/mol. The van der Waals surface area contributed by atoms with Crippen LogP contribution in [-0.2, 0) is 0 Å². The number of amides is 1. The van der Waals surface area contributed by atoms with Gasteiger partial charge in [0.2, 0.25) is 0 Å². The third-order valence-electron chi connectivity index (χ3n) is 4.10. The molecule has 1 fully saturated rings. The molecule has 2 aliphatic rings. The summed E-state index contributed by atoms with van der Waals surface area (Å²) >= 11 is 0. The third-order valence-corrected chi connectivity index (χ3v) is 4.10. The Morgan fingerprint density at radius 3 is 2.80 bits per heavy atom. The first-order chi connectivity index (χ1) is 9.66. The SMILES string of the molecule is CN1CCC2=C(c3ccccc3)CNN(C(=O)O)C2C1. The number of hydrogen-bond donors (Lipinski definition) is 2. The summed E-state index contributed by atoms with van der Waals surface area (Å²) in [4.78, 5) is 13.6. The number of hydrazine groups is 1. The molecule has 5 nitrogen and oxygen atoms in total. The van der Waals surface area contributed by atoms with Gasteiger partial charge in [0.25, 0.3) is 0 Å². The van der Waals surface area contributed by atoms with Crippen molar-refractivity contribution < 1.29 is 9.90 Å². The summed E-state index contributed by atoms with van der Waals surface area (Å²) in [5.74, 6) is 0. The summed E-state index contributed by atoms with van der Waals surface area (Å²) in [6.07, 6.45) is 0.0199. The highest BCUT2D eigenvalue weighted by atomic mass is 16.4. The van der Waals surface area contributed by atoms with E-state index in [0.717, 1.165) is 19.5 Å². The van der Waals surface area contributed by atoms with Crippen molar-refractivity contribution in [2.24, 2.45) is 0 Å². The largest absolute Gasteiger partial charge is 0.464 e. The molecule has 2 aliphatic heterocycles. The Bertz CT molecular complexity index is 541. The Balaban J connectivity index is 2.01. The van der Waals surface area contributed by atoms with Gasteiger partial charge in [-0.2, -0.15) is 0 Å². The lowest BCUT2D eigenvalue weighted by Crippen LogP contribution is -2.58. The molecular weight excluding hydrogens is 254 g/mol. The van der Waals surface area contributed by atoms with E-state index in [0.29, 0.717) is 6.54 Å². The number of piperidine rings is 1. The Labute approximate surface area is 118 Å². The maximum Gasteiger partial charge on any atom is 0.422 e. The van der Waals surface area contributed by atoms with Crippen LogP contribution in [0.4, 0.5) is 4.79 Å². The van der Waals surface area contributed by atoms with Crippen molar-refractivity contribution in [3.63, 3.8) is 0 Å². The number of nitrogens with one attached hydrogen (secondary N) is 1. The molecule has 1 aromatic rings. The summed E-state index contributed by atoms with van der Waals surface area (Å²) in [5, 5.41) is 10.7. The zero-order chi connectivity index (χ0) is 14.1. The highest BCUT2D eigenvalue weighted by Gasteiger charge is 2.36. The molecule has 1 aromatic carbocycles. The second-order valence-corrected chi connectivity index (χ2v) is 5.39. The molecule has 1 atom stereocenters. The lowest BCUT2D eigenvalue weighted by Gasteiger charge is -2.43. The van der Waals surface area contributed by atoms with Crippen LogP contribution in [0, 0.1) is 0 Å². The minimum absolute atomic E-state index is 0.0878. The number of fused-ring (bicyclic) bond motifs is 1. The summed E-state index contributed by atoms with van der Waals surface area (Å²) < 4.78 is 0. The summed E-state index contributed by atoms with van der Waals surface area (Å²) in [6, 6.07) is 10.1. The zero-order valence-electron chi connectivity index (χ0n) is 11.5. The highest BCUT2D eigenvalue weighted by Crippen LogP contribution is 2.31. The van der Waals surface area contributed by atoms with Gasteiger partial charge in [0.1, 0.15) is 0 Å². The first-order valence-electron chi connectivity index (χ1n) is 6.88. The quantitative estimate of drug-likeness (QED) is 0.817. The smallest absolute Gasteiger partial charge is 0.422 e. The summed E-state index contributed by atoms with van der Waals surface area (Å²) in [6.45, 7) is 2.30. The second-order valence-electron chi connectivity index (χ2n) is 5.39. The Kier molecular flexibility index (Phi) is 3.46. The Morgan fingerprint density at radius 2 is 2.10 bits per heavy atom. The molecule has 0 aromatic heterocycles. The normalized spacial score (nSPS) is 23.6. The van der Waals surface area contributed by atoms with Crippen molar-refractivity contribution in [2.75, 3.05) is 26.7 Å². The summed E-state index contributed by atoms with van der Waals surface area (Å²) in [5.41, 5.74) is 6.74. The molecule has 1 saturated heterocycles. The number of nitrogens with zero attached hydrogens (tertiary/aromatic N) is 2. The lowest BCUT2D eigenvalue weighted by molar-refractivity contribution is 0.0801. The van der Waals surface area contributed by atoms with Crippen LogP contribution in [0.1, 0.15) is 12.0 Å². The number of benzene rings is 1. The predicted octanol–water partition coefficient (Wildman–Crippen LogP) is 1.64. The number of likely N-dealkylation sites (N-methyl/N-ethyl adjacent to an activating group) is 1. The first kappa shape index (κ1) is 13.1. The molecule has 0 aliphatic carbocycles. The van der Waals surface area contributed by atoms with E-state index in [1.807, 2.05) is 25.2 Å². The zero-order valence-corrected chi connectivity index (χ0v) is 11.5. The molecular formula is C15H19N3O2. The molecule has 106 valence electrons. The molecule has 2 heterocycles. The number of carboxylic acid groups (broad SMARTS) is 1. The van der Waals surface area contributed by atoms with Crippen LogP contribution in [0.25, 0.3) is 5.57 Å². The third kappa shape index (κ3) is 2.30. The molecule has 0 bridgehead atoms. The molecule has 5 heteroatoms. The molecule has 0 radical (unpaired) electrons. The predicted molar refractivity (Wildman–Crippen MR) is 77.1 cm³/mol. The molecule has 20 heavy (non-hydrogen) atoms. The fraction of sp³-hybridized carbons (Fsp3) is 0.400. The molecule has 2 N–H and O–H groups in total. The Hall–Kier alpha value is -1.85. The van der Waals surface area contributed by atoms with Crippen molar-refractivity contribution in [1.29, 1.82) is 0 Å². The van der Waals surface area contributed by atoms with Gasteiger partial charge in [-0.25, -0.2) is 15.2 Å². The minimum Gasteiger partial charge on any atom is -0.464 e. The first-order valence-corrected chi connectivity index (χ1v) is 6.88. The van der Waals surface area contributed by atoms with Crippen LogP contribution in [0.5, 0.6) is 0 Å². The number of rotatable bonds is 1. The maximum atomic E-state index is 11.4. The van der Waals surface area contributed by atoms with Gasteiger partial charge in [-0.05, 0) is 30.2 Å². The van der Waals surface area contributed by atoms with E-state index in [1.165, 1.54) is 21.7 Å². The molecule has 0 spiro atoms. The van der Waals surface area contributed by atoms with E-state index in [4.69, 9.17) is 0 Å². The van der Waals surface area contributed by atoms with Crippen LogP contribution in [0.15, 0.2) is 35.9 Å². The average Bonchev–Trinajstić information content (AvgIpc) is 2.46. The van der Waals surface area contributed by atoms with E-state index >= 15 is 0 Å². The van der Waals surface area contributed by atoms with Gasteiger partial charge in [0.15, 0.2) is 0 Å². The lowest BCUT2D eigenvalue weighted by atomic mass is 9.88. The molecule has 3 rings (SSSR count). The van der Waals surface area contributed by atoms with Crippen molar-refractivity contribution in [3.05, 3.63) is 41.5 Å². The van der Waals surface area contributed by atoms with E-state index in [1.54, 1.807) is 0 Å². The van der Waals surface area contributed by atoms with Crippen LogP contribution in [0.3, 0.4) is 0 Å². The highest BCUT2D eigenvalue weighted by molar-refractivity contribution is 5.75. The Morgan fingerprint density at radius 1 is 1.35 bits per heavy atom. The minimum atomic E-state index is -0.907. The average molecular weight is 273 g/mol. The van der Waals surface area contributed by atoms with Crippen LogP contribution in [0.2, 0.25) is 0 Å². The maximum absolute atomic E-state index is 11.4. The molecule has 0 saturated carbocycles. The van der Waals surface area contributed by atoms with Crippen LogP contribution in [-0.4, -0.2) is 53.8 Å². The van der Waals surface area contributed by atoms with Crippen molar-refractivity contribution in [2.45, 2.75) is 12.5 Å². The van der Waals surface area contributed by atoms with E-state index in [2.05, 4.69) is 22.5 Å².